The summed E-state index contributed by atoms with van der Waals surface area (Å²) in [6, 6.07) is 4.74. The van der Waals surface area contributed by atoms with Crippen molar-refractivity contribution in [1.29, 1.82) is 0 Å². The zero-order valence-electron chi connectivity index (χ0n) is 14.7. The molecule has 2 heterocycles. The molecule has 0 saturated heterocycles. The maximum atomic E-state index is 12.6. The summed E-state index contributed by atoms with van der Waals surface area (Å²) >= 11 is 5.93. The second-order valence-electron chi connectivity index (χ2n) is 7.25. The fourth-order valence-corrected chi connectivity index (χ4v) is 4.55. The molecule has 0 N–H and O–H groups in total. The summed E-state index contributed by atoms with van der Waals surface area (Å²) in [7, 11) is 0. The van der Waals surface area contributed by atoms with Crippen LogP contribution in [0.25, 0.3) is 0 Å². The van der Waals surface area contributed by atoms with Crippen LogP contribution >= 0.6 is 11.6 Å². The average molecular weight is 358 g/mol. The van der Waals surface area contributed by atoms with Gasteiger partial charge in [0.15, 0.2) is 0 Å². The molecular formula is C20H24ClN3O. The average Bonchev–Trinajstić information content (AvgIpc) is 3.27. The Kier molecular flexibility index (Phi) is 4.55. The minimum absolute atomic E-state index is 0.0217. The first-order valence-electron chi connectivity index (χ1n) is 9.12. The minimum atomic E-state index is 0.0217. The molecule has 2 aliphatic rings. The zero-order valence-corrected chi connectivity index (χ0v) is 15.4. The van der Waals surface area contributed by atoms with Crippen LogP contribution in [-0.4, -0.2) is 32.3 Å². The Morgan fingerprint density at radius 3 is 3.08 bits per heavy atom. The number of hydrogen-bond donors (Lipinski definition) is 0. The van der Waals surface area contributed by atoms with Crippen molar-refractivity contribution in [2.45, 2.75) is 58.2 Å². The molecule has 5 heteroatoms. The molecular weight excluding hydrogens is 334 g/mol. The van der Waals surface area contributed by atoms with Gasteiger partial charge in [-0.1, -0.05) is 12.1 Å². The number of aromatic nitrogens is 2. The Bertz CT molecular complexity index is 798. The van der Waals surface area contributed by atoms with E-state index in [1.54, 1.807) is 0 Å². The lowest BCUT2D eigenvalue weighted by atomic mass is 9.99. The Morgan fingerprint density at radius 1 is 1.36 bits per heavy atom. The molecule has 4 rings (SSSR count). The number of carbonyl (C=O) groups is 1. The second-order valence-corrected chi connectivity index (χ2v) is 7.51. The summed E-state index contributed by atoms with van der Waals surface area (Å²) in [6.45, 7) is 3.65. The number of fused-ring (bicyclic) bond motifs is 2. The molecule has 0 saturated carbocycles. The van der Waals surface area contributed by atoms with Crippen LogP contribution in [-0.2, 0) is 37.1 Å². The van der Waals surface area contributed by atoms with Crippen LogP contribution in [0.15, 0.2) is 24.5 Å². The molecule has 1 aromatic heterocycles. The van der Waals surface area contributed by atoms with Gasteiger partial charge in [0, 0.05) is 31.9 Å². The van der Waals surface area contributed by atoms with Gasteiger partial charge < -0.3 is 9.47 Å². The van der Waals surface area contributed by atoms with E-state index in [-0.39, 0.29) is 17.8 Å². The second kappa shape index (κ2) is 6.83. The monoisotopic (exact) mass is 357 g/mol. The molecule has 0 radical (unpaired) electrons. The number of aryl methyl sites for hydroxylation is 3. The largest absolute Gasteiger partial charge is 0.333 e. The van der Waals surface area contributed by atoms with E-state index >= 15 is 0 Å². The number of alkyl halides is 1. The Hall–Kier alpha value is -1.81. The van der Waals surface area contributed by atoms with E-state index in [0.29, 0.717) is 6.54 Å². The maximum absolute atomic E-state index is 12.6. The predicted molar refractivity (Wildman–Crippen MR) is 98.8 cm³/mol. The highest BCUT2D eigenvalue weighted by Crippen LogP contribution is 2.28. The molecule has 4 nitrogen and oxygen atoms in total. The van der Waals surface area contributed by atoms with E-state index in [2.05, 4.69) is 28.6 Å². The molecule has 1 aliphatic carbocycles. The molecule has 25 heavy (non-hydrogen) atoms. The zero-order chi connectivity index (χ0) is 17.4. The smallest absolute Gasteiger partial charge is 0.238 e. The highest BCUT2D eigenvalue weighted by Gasteiger charge is 2.28. The van der Waals surface area contributed by atoms with Gasteiger partial charge in [0.1, 0.15) is 11.7 Å². The number of hydrogen-bond acceptors (Lipinski definition) is 2. The Labute approximate surface area is 153 Å². The number of nitrogens with zero attached hydrogens (tertiary/aromatic N) is 3. The summed E-state index contributed by atoms with van der Waals surface area (Å²) in [5.41, 5.74) is 5.57. The van der Waals surface area contributed by atoms with Gasteiger partial charge in [-0.3, -0.25) is 4.79 Å². The van der Waals surface area contributed by atoms with Crippen molar-refractivity contribution in [2.75, 3.05) is 5.88 Å². The number of amides is 1. The Morgan fingerprint density at radius 2 is 2.24 bits per heavy atom. The van der Waals surface area contributed by atoms with Crippen molar-refractivity contribution in [3.8, 4) is 0 Å². The Balaban J connectivity index is 1.58. The summed E-state index contributed by atoms with van der Waals surface area (Å²) in [5, 5.41) is 0. The van der Waals surface area contributed by atoms with Gasteiger partial charge in [-0.15, -0.1) is 11.6 Å². The highest BCUT2D eigenvalue weighted by atomic mass is 35.5. The third kappa shape index (κ3) is 3.20. The molecule has 1 amide bonds. The summed E-state index contributed by atoms with van der Waals surface area (Å²) in [5.74, 6) is 1.17. The van der Waals surface area contributed by atoms with E-state index < -0.39 is 0 Å². The van der Waals surface area contributed by atoms with Gasteiger partial charge in [0.05, 0.1) is 6.04 Å². The first-order chi connectivity index (χ1) is 12.2. The van der Waals surface area contributed by atoms with E-state index in [4.69, 9.17) is 11.6 Å². The standard InChI is InChI=1S/C20H24ClN3O/c1-14-9-15(10-16-3-2-4-18(14)16)12-24(20(25)11-21)17-5-6-19-22-7-8-23(19)13-17/h7-10,17H,2-6,11-13H2,1H3. The van der Waals surface area contributed by atoms with E-state index in [9.17, 15) is 4.79 Å². The number of carbonyl (C=O) groups excluding carboxylic acids is 1. The molecule has 2 aromatic rings. The van der Waals surface area contributed by atoms with Gasteiger partial charge in [-0.2, -0.15) is 0 Å². The van der Waals surface area contributed by atoms with Gasteiger partial charge in [0.25, 0.3) is 0 Å². The molecule has 132 valence electrons. The van der Waals surface area contributed by atoms with Gasteiger partial charge in [0.2, 0.25) is 5.91 Å². The number of benzene rings is 1. The predicted octanol–water partition coefficient (Wildman–Crippen LogP) is 3.26. The van der Waals surface area contributed by atoms with Crippen LogP contribution in [0.3, 0.4) is 0 Å². The molecule has 0 fully saturated rings. The number of rotatable bonds is 4. The SMILES string of the molecule is Cc1cc(CN(C(=O)CCl)C2CCc3nccn3C2)cc2c1CCC2. The van der Waals surface area contributed by atoms with Crippen LogP contribution < -0.4 is 0 Å². The van der Waals surface area contributed by atoms with Crippen LogP contribution in [0.5, 0.6) is 0 Å². The molecule has 1 unspecified atom stereocenters. The fourth-order valence-electron chi connectivity index (χ4n) is 4.40. The molecule has 1 aliphatic heterocycles. The van der Waals surface area contributed by atoms with Crippen LogP contribution in [0, 0.1) is 6.92 Å². The van der Waals surface area contributed by atoms with Gasteiger partial charge in [-0.25, -0.2) is 4.98 Å². The molecule has 1 aromatic carbocycles. The molecule has 0 bridgehead atoms. The van der Waals surface area contributed by atoms with Crippen molar-refractivity contribution in [2.24, 2.45) is 0 Å². The lowest BCUT2D eigenvalue weighted by molar-refractivity contribution is -0.132. The maximum Gasteiger partial charge on any atom is 0.238 e. The van der Waals surface area contributed by atoms with E-state index in [0.717, 1.165) is 31.6 Å². The van der Waals surface area contributed by atoms with Crippen LogP contribution in [0.2, 0.25) is 0 Å². The summed E-state index contributed by atoms with van der Waals surface area (Å²) in [6.07, 6.45) is 9.30. The van der Waals surface area contributed by atoms with Crippen molar-refractivity contribution in [1.82, 2.24) is 14.5 Å². The lowest BCUT2D eigenvalue weighted by Crippen LogP contribution is -2.45. The fraction of sp³-hybridized carbons (Fsp3) is 0.500. The summed E-state index contributed by atoms with van der Waals surface area (Å²) < 4.78 is 2.16. The minimum Gasteiger partial charge on any atom is -0.333 e. The van der Waals surface area contributed by atoms with E-state index in [1.807, 2.05) is 17.3 Å². The normalized spacial score (nSPS) is 18.7. The highest BCUT2D eigenvalue weighted by molar-refractivity contribution is 6.27. The van der Waals surface area contributed by atoms with Crippen molar-refractivity contribution in [3.05, 3.63) is 52.6 Å². The first-order valence-corrected chi connectivity index (χ1v) is 9.66. The number of halogens is 1. The molecule has 1 atom stereocenters. The topological polar surface area (TPSA) is 38.1 Å². The van der Waals surface area contributed by atoms with Crippen molar-refractivity contribution in [3.63, 3.8) is 0 Å². The van der Waals surface area contributed by atoms with Crippen LogP contribution in [0.1, 0.15) is 40.9 Å². The van der Waals surface area contributed by atoms with Crippen molar-refractivity contribution < 1.29 is 4.79 Å². The van der Waals surface area contributed by atoms with Gasteiger partial charge >= 0.3 is 0 Å². The third-order valence-electron chi connectivity index (χ3n) is 5.64. The summed E-state index contributed by atoms with van der Waals surface area (Å²) in [4.78, 5) is 18.9. The third-order valence-corrected chi connectivity index (χ3v) is 5.87. The van der Waals surface area contributed by atoms with Crippen LogP contribution in [0.4, 0.5) is 0 Å². The first kappa shape index (κ1) is 16.6. The quantitative estimate of drug-likeness (QED) is 0.788. The molecule has 0 spiro atoms. The van der Waals surface area contributed by atoms with E-state index in [1.165, 1.54) is 35.1 Å². The lowest BCUT2D eigenvalue weighted by Gasteiger charge is -2.35. The van der Waals surface area contributed by atoms with Gasteiger partial charge in [-0.05, 0) is 54.9 Å². The number of imidazole rings is 1. The van der Waals surface area contributed by atoms with Crippen molar-refractivity contribution >= 4 is 17.5 Å².